The molecule has 0 spiro atoms. The quantitative estimate of drug-likeness (QED) is 0.731. The Morgan fingerprint density at radius 3 is 2.44 bits per heavy atom. The number of hydrogen-bond acceptors (Lipinski definition) is 1. The van der Waals surface area contributed by atoms with E-state index in [0.717, 1.165) is 6.07 Å². The van der Waals surface area contributed by atoms with Gasteiger partial charge in [0.05, 0.1) is 12.7 Å². The monoisotopic (exact) mass is 294 g/mol. The van der Waals surface area contributed by atoms with Crippen LogP contribution < -0.4 is 0 Å². The molecule has 0 aliphatic rings. The van der Waals surface area contributed by atoms with Gasteiger partial charge in [-0.1, -0.05) is 22.0 Å². The highest BCUT2D eigenvalue weighted by atomic mass is 79.9. The molecule has 0 atom stereocenters. The largest absolute Gasteiger partial charge is 0.496 e. The average Bonchev–Trinajstić information content (AvgIpc) is 2.20. The number of benzene rings is 1. The maximum atomic E-state index is 12.6. The Morgan fingerprint density at radius 1 is 1.38 bits per heavy atom. The Bertz CT molecular complexity index is 410. The van der Waals surface area contributed by atoms with Crippen LogP contribution in [0.15, 0.2) is 28.7 Å². The predicted octanol–water partition coefficient (Wildman–Crippen LogP) is 4.48. The highest BCUT2D eigenvalue weighted by Gasteiger charge is 2.33. The van der Waals surface area contributed by atoms with Crippen LogP contribution in [0.5, 0.6) is 0 Å². The van der Waals surface area contributed by atoms with Gasteiger partial charge in [0.25, 0.3) is 0 Å². The molecule has 1 aromatic carbocycles. The molecule has 88 valence electrons. The minimum absolute atomic E-state index is 0.0234. The van der Waals surface area contributed by atoms with Crippen LogP contribution in [0.1, 0.15) is 18.1 Å². The van der Waals surface area contributed by atoms with E-state index in [0.29, 0.717) is 11.3 Å². The molecule has 16 heavy (non-hydrogen) atoms. The van der Waals surface area contributed by atoms with Crippen molar-refractivity contribution in [1.82, 2.24) is 0 Å². The van der Waals surface area contributed by atoms with Crippen LogP contribution in [0.3, 0.4) is 0 Å². The number of alkyl halides is 3. The smallest absolute Gasteiger partial charge is 0.417 e. The van der Waals surface area contributed by atoms with Crippen LogP contribution in [0.25, 0.3) is 5.76 Å². The molecule has 0 aliphatic carbocycles. The fourth-order valence-corrected chi connectivity index (χ4v) is 1.77. The summed E-state index contributed by atoms with van der Waals surface area (Å²) in [4.78, 5) is 0. The van der Waals surface area contributed by atoms with E-state index in [1.54, 1.807) is 19.1 Å². The third-order valence-electron chi connectivity index (χ3n) is 2.04. The molecule has 0 unspecified atom stereocenters. The number of allylic oxidation sites excluding steroid dienone is 1. The summed E-state index contributed by atoms with van der Waals surface area (Å²) >= 11 is 2.88. The maximum Gasteiger partial charge on any atom is 0.417 e. The summed E-state index contributed by atoms with van der Waals surface area (Å²) in [5, 5.41) is 0. The van der Waals surface area contributed by atoms with Crippen molar-refractivity contribution in [1.29, 1.82) is 0 Å². The second kappa shape index (κ2) is 4.91. The standard InChI is InChI=1S/C11H10BrF3O/c1-3-10(16-2)7-4-5-9(12)8(6-7)11(13,14)15/h3-6H,1-2H3. The lowest BCUT2D eigenvalue weighted by Crippen LogP contribution is -2.06. The van der Waals surface area contributed by atoms with Crippen LogP contribution in [0.2, 0.25) is 0 Å². The molecule has 0 aliphatic heterocycles. The average molecular weight is 295 g/mol. The molecular formula is C11H10BrF3O. The normalized spacial score (nSPS) is 12.8. The van der Waals surface area contributed by atoms with Gasteiger partial charge in [0.15, 0.2) is 0 Å². The van der Waals surface area contributed by atoms with Gasteiger partial charge in [0.1, 0.15) is 5.76 Å². The molecule has 0 saturated carbocycles. The molecule has 1 nitrogen and oxygen atoms in total. The van der Waals surface area contributed by atoms with Crippen molar-refractivity contribution in [2.45, 2.75) is 13.1 Å². The summed E-state index contributed by atoms with van der Waals surface area (Å²) < 4.78 is 42.8. The van der Waals surface area contributed by atoms with E-state index in [1.165, 1.54) is 13.2 Å². The molecule has 1 aromatic rings. The van der Waals surface area contributed by atoms with E-state index in [4.69, 9.17) is 4.74 Å². The Labute approximate surface area is 100 Å². The molecule has 0 heterocycles. The molecular weight excluding hydrogens is 285 g/mol. The first-order valence-corrected chi connectivity index (χ1v) is 5.27. The first kappa shape index (κ1) is 13.1. The van der Waals surface area contributed by atoms with Crippen molar-refractivity contribution in [3.63, 3.8) is 0 Å². The second-order valence-electron chi connectivity index (χ2n) is 3.05. The SMILES string of the molecule is CC=C(OC)c1ccc(Br)c(C(F)(F)F)c1. The fraction of sp³-hybridized carbons (Fsp3) is 0.273. The van der Waals surface area contributed by atoms with E-state index in [9.17, 15) is 13.2 Å². The van der Waals surface area contributed by atoms with Gasteiger partial charge in [-0.2, -0.15) is 13.2 Å². The van der Waals surface area contributed by atoms with Crippen LogP contribution >= 0.6 is 15.9 Å². The van der Waals surface area contributed by atoms with Crippen molar-refractivity contribution < 1.29 is 17.9 Å². The highest BCUT2D eigenvalue weighted by Crippen LogP contribution is 2.36. The number of hydrogen-bond donors (Lipinski definition) is 0. The van der Waals surface area contributed by atoms with Gasteiger partial charge in [-0.15, -0.1) is 0 Å². The summed E-state index contributed by atoms with van der Waals surface area (Å²) in [5.41, 5.74) is -0.304. The predicted molar refractivity (Wildman–Crippen MR) is 59.8 cm³/mol. The third kappa shape index (κ3) is 2.78. The summed E-state index contributed by atoms with van der Waals surface area (Å²) in [5.74, 6) is 0.415. The second-order valence-corrected chi connectivity index (χ2v) is 3.90. The van der Waals surface area contributed by atoms with Crippen LogP contribution in [0, 0.1) is 0 Å². The van der Waals surface area contributed by atoms with Crippen molar-refractivity contribution in [3.05, 3.63) is 39.9 Å². The Balaban J connectivity index is 3.28. The number of ether oxygens (including phenoxy) is 1. The Kier molecular flexibility index (Phi) is 4.02. The number of halogens is 4. The minimum Gasteiger partial charge on any atom is -0.496 e. The summed E-state index contributed by atoms with van der Waals surface area (Å²) in [6.07, 6.45) is -2.76. The van der Waals surface area contributed by atoms with Gasteiger partial charge in [-0.05, 0) is 25.1 Å². The van der Waals surface area contributed by atoms with E-state index in [-0.39, 0.29) is 4.47 Å². The van der Waals surface area contributed by atoms with Crippen LogP contribution in [0.4, 0.5) is 13.2 Å². The zero-order chi connectivity index (χ0) is 12.3. The topological polar surface area (TPSA) is 9.23 Å². The van der Waals surface area contributed by atoms with E-state index in [1.807, 2.05) is 0 Å². The van der Waals surface area contributed by atoms with Gasteiger partial charge in [-0.3, -0.25) is 0 Å². The van der Waals surface area contributed by atoms with Gasteiger partial charge in [0.2, 0.25) is 0 Å². The molecule has 0 saturated heterocycles. The minimum atomic E-state index is -4.37. The summed E-state index contributed by atoms with van der Waals surface area (Å²) in [7, 11) is 1.42. The number of methoxy groups -OCH3 is 1. The molecule has 0 radical (unpaired) electrons. The van der Waals surface area contributed by atoms with Gasteiger partial charge in [0, 0.05) is 10.0 Å². The molecule has 0 amide bonds. The number of rotatable bonds is 2. The van der Waals surface area contributed by atoms with Crippen LogP contribution in [-0.4, -0.2) is 7.11 Å². The van der Waals surface area contributed by atoms with Gasteiger partial charge in [-0.25, -0.2) is 0 Å². The zero-order valence-electron chi connectivity index (χ0n) is 8.73. The van der Waals surface area contributed by atoms with Crippen molar-refractivity contribution >= 4 is 21.7 Å². The van der Waals surface area contributed by atoms with E-state index >= 15 is 0 Å². The van der Waals surface area contributed by atoms with Gasteiger partial charge >= 0.3 is 6.18 Å². The molecule has 5 heteroatoms. The highest BCUT2D eigenvalue weighted by molar-refractivity contribution is 9.10. The lowest BCUT2D eigenvalue weighted by Gasteiger charge is -2.12. The molecule has 1 rings (SSSR count). The molecule has 0 fully saturated rings. The lowest BCUT2D eigenvalue weighted by molar-refractivity contribution is -0.138. The van der Waals surface area contributed by atoms with E-state index in [2.05, 4.69) is 15.9 Å². The summed E-state index contributed by atoms with van der Waals surface area (Å²) in [6.45, 7) is 1.70. The van der Waals surface area contributed by atoms with Crippen molar-refractivity contribution in [2.24, 2.45) is 0 Å². The first-order chi connectivity index (χ1) is 7.40. The molecule has 0 aromatic heterocycles. The third-order valence-corrected chi connectivity index (χ3v) is 2.73. The Hall–Kier alpha value is -0.970. The van der Waals surface area contributed by atoms with Crippen molar-refractivity contribution in [2.75, 3.05) is 7.11 Å². The maximum absolute atomic E-state index is 12.6. The molecule has 0 N–H and O–H groups in total. The zero-order valence-corrected chi connectivity index (χ0v) is 10.3. The Morgan fingerprint density at radius 2 is 2.00 bits per heavy atom. The molecule has 0 bridgehead atoms. The van der Waals surface area contributed by atoms with Crippen LogP contribution in [-0.2, 0) is 10.9 Å². The summed E-state index contributed by atoms with van der Waals surface area (Å²) in [6, 6.07) is 3.99. The lowest BCUT2D eigenvalue weighted by atomic mass is 10.1. The first-order valence-electron chi connectivity index (χ1n) is 4.47. The van der Waals surface area contributed by atoms with Gasteiger partial charge < -0.3 is 4.74 Å². The van der Waals surface area contributed by atoms with Crippen molar-refractivity contribution in [3.8, 4) is 0 Å². The fourth-order valence-electron chi connectivity index (χ4n) is 1.30. The van der Waals surface area contributed by atoms with E-state index < -0.39 is 11.7 Å².